The van der Waals surface area contributed by atoms with Gasteiger partial charge in [-0.1, -0.05) is 44.2 Å². The number of primary amides is 1. The van der Waals surface area contributed by atoms with Crippen molar-refractivity contribution in [1.29, 1.82) is 0 Å². The number of nitro benzene ring substituents is 2. The molecule has 6 atom stereocenters. The Morgan fingerprint density at radius 2 is 1.05 bits per heavy atom. The van der Waals surface area contributed by atoms with Crippen LogP contribution in [0.3, 0.4) is 0 Å². The lowest BCUT2D eigenvalue weighted by Crippen LogP contribution is -2.58. The number of aliphatic hydroxyl groups is 1. The van der Waals surface area contributed by atoms with E-state index in [1.165, 1.54) is 24.3 Å². The van der Waals surface area contributed by atoms with Crippen LogP contribution in [0.25, 0.3) is 0 Å². The van der Waals surface area contributed by atoms with Crippen molar-refractivity contribution < 1.29 is 43.7 Å². The van der Waals surface area contributed by atoms with Crippen LogP contribution in [0.2, 0.25) is 0 Å². The average molecular weight is 916 g/mol. The summed E-state index contributed by atoms with van der Waals surface area (Å²) in [7, 11) is 0. The molecule has 32 heteroatoms. The number of amides is 6. The lowest BCUT2D eigenvalue weighted by atomic mass is 10.1. The van der Waals surface area contributed by atoms with Crippen LogP contribution >= 0.6 is 0 Å². The van der Waals surface area contributed by atoms with Gasteiger partial charge < -0.3 is 88.2 Å². The van der Waals surface area contributed by atoms with Gasteiger partial charge in [-0.05, 0) is 24.0 Å². The highest BCUT2D eigenvalue weighted by Crippen LogP contribution is 2.33. The second-order valence-corrected chi connectivity index (χ2v) is 13.6. The minimum Gasteiger partial charge on any atom is -0.370 e. The van der Waals surface area contributed by atoms with Crippen LogP contribution in [-0.2, 0) is 28.8 Å². The zero-order chi connectivity index (χ0) is 49.3. The second kappa shape index (κ2) is 23.8. The van der Waals surface area contributed by atoms with E-state index in [1.807, 2.05) is 16.0 Å². The summed E-state index contributed by atoms with van der Waals surface area (Å²) < 4.78 is 0. The van der Waals surface area contributed by atoms with Gasteiger partial charge in [0.2, 0.25) is 36.8 Å². The predicted molar refractivity (Wildman–Crippen MR) is 230 cm³/mol. The summed E-state index contributed by atoms with van der Waals surface area (Å²) in [4.78, 5) is 117. The van der Waals surface area contributed by atoms with E-state index in [-0.39, 0.29) is 30.1 Å². The van der Waals surface area contributed by atoms with Crippen LogP contribution in [0.4, 0.5) is 17.1 Å². The number of guanidine groups is 4. The molecule has 65 heavy (non-hydrogen) atoms. The fraction of sp³-hybridized carbons (Fsp3) is 0.333. The first-order chi connectivity index (χ1) is 30.3. The van der Waals surface area contributed by atoms with E-state index in [1.54, 1.807) is 19.9 Å². The van der Waals surface area contributed by atoms with Gasteiger partial charge in [0.05, 0.1) is 15.9 Å². The fourth-order valence-electron chi connectivity index (χ4n) is 5.18. The maximum absolute atomic E-state index is 14.0. The molecule has 6 amide bonds. The number of nitrogens with two attached hydrogens (primary N) is 9. The van der Waals surface area contributed by atoms with Crippen molar-refractivity contribution in [2.24, 2.45) is 77.5 Å². The summed E-state index contributed by atoms with van der Waals surface area (Å²) in [5.74, 6) is -11.2. The Morgan fingerprint density at radius 1 is 0.615 bits per heavy atom. The van der Waals surface area contributed by atoms with Gasteiger partial charge in [0.1, 0.15) is 11.7 Å². The maximum atomic E-state index is 14.0. The molecule has 2 aromatic carbocycles. The highest BCUT2D eigenvalue weighted by molar-refractivity contribution is 5.99. The van der Waals surface area contributed by atoms with Gasteiger partial charge in [0, 0.05) is 12.6 Å². The van der Waals surface area contributed by atoms with Gasteiger partial charge in [-0.15, -0.1) is 0 Å². The van der Waals surface area contributed by atoms with Crippen molar-refractivity contribution in [3.63, 3.8) is 0 Å². The Kier molecular flexibility index (Phi) is 19.0. The minimum atomic E-state index is -2.28. The van der Waals surface area contributed by atoms with Crippen LogP contribution in [0.15, 0.2) is 68.5 Å². The highest BCUT2D eigenvalue weighted by Gasteiger charge is 2.36. The van der Waals surface area contributed by atoms with Crippen molar-refractivity contribution in [1.82, 2.24) is 26.6 Å². The van der Waals surface area contributed by atoms with Gasteiger partial charge in [0.15, 0.2) is 23.8 Å². The molecular formula is C33H49N21O11. The molecule has 0 spiro atoms. The molecule has 24 N–H and O–H groups in total. The molecule has 32 nitrogen and oxygen atoms in total. The lowest BCUT2D eigenvalue weighted by molar-refractivity contribution is -0.393. The van der Waals surface area contributed by atoms with Gasteiger partial charge in [-0.25, -0.2) is 20.0 Å². The summed E-state index contributed by atoms with van der Waals surface area (Å²) in [6.45, 7) is 3.36. The van der Waals surface area contributed by atoms with E-state index in [4.69, 9.17) is 51.6 Å². The second-order valence-electron chi connectivity index (χ2n) is 13.6. The Bertz CT molecular complexity index is 2220. The molecule has 0 fully saturated rings. The fourth-order valence-corrected chi connectivity index (χ4v) is 5.18. The number of nitro groups is 2. The molecule has 2 aromatic rings. The number of non-ortho nitro benzene ring substituents is 1. The van der Waals surface area contributed by atoms with Crippen LogP contribution in [0, 0.1) is 26.1 Å². The van der Waals surface area contributed by atoms with Crippen molar-refractivity contribution in [3.05, 3.63) is 74.3 Å². The van der Waals surface area contributed by atoms with E-state index in [0.29, 0.717) is 6.07 Å². The van der Waals surface area contributed by atoms with E-state index >= 15 is 0 Å². The van der Waals surface area contributed by atoms with Crippen LogP contribution in [0.5, 0.6) is 0 Å². The minimum absolute atomic E-state index is 0.0321. The number of nitrogens with zero attached hydrogens (tertiary/aromatic N) is 7. The third-order valence-corrected chi connectivity index (χ3v) is 8.08. The van der Waals surface area contributed by atoms with Crippen molar-refractivity contribution in [2.75, 3.05) is 11.4 Å². The Balaban J connectivity index is 2.53. The predicted octanol–water partition coefficient (Wildman–Crippen LogP) is -7.12. The number of benzene rings is 2. The molecule has 0 radical (unpaired) electrons. The number of rotatable bonds is 23. The van der Waals surface area contributed by atoms with Crippen LogP contribution in [-0.4, -0.2) is 112 Å². The van der Waals surface area contributed by atoms with E-state index in [2.05, 4.69) is 30.6 Å². The molecule has 0 heterocycles. The van der Waals surface area contributed by atoms with Crippen LogP contribution < -0.4 is 83.1 Å². The Hall–Kier alpha value is -9.10. The Labute approximate surface area is 366 Å². The van der Waals surface area contributed by atoms with Crippen molar-refractivity contribution in [3.8, 4) is 0 Å². The molecule has 0 aliphatic heterocycles. The van der Waals surface area contributed by atoms with Gasteiger partial charge in [-0.2, -0.15) is 0 Å². The first-order valence-electron chi connectivity index (χ1n) is 18.4. The highest BCUT2D eigenvalue weighted by atomic mass is 16.6. The standard InChI is InChI=1S/C33H49N21O11/c1-13(2)10-11-52(16-9-8-15(53(62)63)12-17(16)54(64)65)29(61)28(60)43-18(14-6-4-3-5-7-14)24(56)45-21(49-31(37)38)26(58)47-23(51-33(41)42)27(59)46-22(50-32(39)40)25(57)44-20(19(34)55)48-30(35)36/h3-9,12-13,18,20-23,29,61H,10-11H2,1-2H3,(H2,34,55)(H,43,60)(H,44,57)(H,45,56)(H,46,59)(H,47,58)(H4,35,36,48)(H4,37,38,49)(H4,39,40,50)(H4,41,42,51). The Morgan fingerprint density at radius 3 is 1.45 bits per heavy atom. The summed E-state index contributed by atoms with van der Waals surface area (Å²) in [6, 6.07) is 7.92. The summed E-state index contributed by atoms with van der Waals surface area (Å²) >= 11 is 0. The SMILES string of the molecule is CC(C)CCN(c1ccc([N+](=O)[O-])cc1[N+](=O)[O-])C(O)C(=O)NC(C(=O)NC(N=C(N)N)C(=O)NC(N=C(N)N)C(=O)NC(N=C(N)N)C(=O)NC(N=C(N)N)C(N)=O)c1ccccc1. The van der Waals surface area contributed by atoms with Crippen molar-refractivity contribution in [2.45, 2.75) is 57.2 Å². The first-order valence-corrected chi connectivity index (χ1v) is 18.4. The summed E-state index contributed by atoms with van der Waals surface area (Å²) in [5, 5.41) is 45.3. The number of anilines is 1. The third kappa shape index (κ3) is 16.4. The quantitative estimate of drug-likeness (QED) is 0.0162. The van der Waals surface area contributed by atoms with Gasteiger partial charge in [-0.3, -0.25) is 49.0 Å². The molecule has 6 unspecified atom stereocenters. The molecule has 2 rings (SSSR count). The van der Waals surface area contributed by atoms with Crippen LogP contribution in [0.1, 0.15) is 31.9 Å². The number of aliphatic imine (C=N–C) groups is 4. The normalized spacial score (nSPS) is 13.3. The number of carbonyl (C=O) groups excluding carboxylic acids is 6. The molecular weight excluding hydrogens is 866 g/mol. The molecule has 0 aliphatic rings. The molecule has 0 aliphatic carbocycles. The van der Waals surface area contributed by atoms with E-state index in [9.17, 15) is 54.1 Å². The smallest absolute Gasteiger partial charge is 0.299 e. The summed E-state index contributed by atoms with van der Waals surface area (Å²) in [5.41, 5.74) is 46.7. The first kappa shape index (κ1) is 52.0. The number of hydrogen-bond donors (Lipinski definition) is 15. The topological polar surface area (TPSA) is 556 Å². The molecule has 0 bridgehead atoms. The number of nitrogens with one attached hydrogen (secondary N) is 5. The monoisotopic (exact) mass is 915 g/mol. The van der Waals surface area contributed by atoms with Gasteiger partial charge >= 0.3 is 0 Å². The number of aliphatic hydroxyl groups excluding tert-OH is 1. The average Bonchev–Trinajstić information content (AvgIpc) is 3.20. The molecule has 0 aromatic heterocycles. The van der Waals surface area contributed by atoms with Gasteiger partial charge in [0.25, 0.3) is 40.9 Å². The zero-order valence-corrected chi connectivity index (χ0v) is 34.4. The van der Waals surface area contributed by atoms with Crippen molar-refractivity contribution >= 4 is 76.3 Å². The number of carbonyl (C=O) groups is 6. The third-order valence-electron chi connectivity index (χ3n) is 8.08. The molecule has 0 saturated carbocycles. The van der Waals surface area contributed by atoms with E-state index < -0.39 is 117 Å². The van der Waals surface area contributed by atoms with E-state index in [0.717, 1.165) is 17.0 Å². The number of hydrogen-bond acceptors (Lipinski definition) is 16. The zero-order valence-electron chi connectivity index (χ0n) is 34.4. The molecule has 352 valence electrons. The molecule has 0 saturated heterocycles. The largest absolute Gasteiger partial charge is 0.370 e. The lowest BCUT2D eigenvalue weighted by Gasteiger charge is -2.31. The maximum Gasteiger partial charge on any atom is 0.299 e. The summed E-state index contributed by atoms with van der Waals surface area (Å²) in [6.07, 6.45) is -10.4.